The minimum atomic E-state index is -0.203. The summed E-state index contributed by atoms with van der Waals surface area (Å²) in [5.74, 6) is -0.203. The molecule has 19 heavy (non-hydrogen) atoms. The number of aromatic nitrogens is 3. The van der Waals surface area contributed by atoms with Crippen LogP contribution in [0.15, 0.2) is 12.1 Å². The fraction of sp³-hybridized carbons (Fsp3) is 0.333. The Morgan fingerprint density at radius 2 is 2.26 bits per heavy atom. The van der Waals surface area contributed by atoms with Crippen molar-refractivity contribution in [1.29, 1.82) is 0 Å². The topological polar surface area (TPSA) is 67.8 Å². The summed E-state index contributed by atoms with van der Waals surface area (Å²) < 4.78 is 3.83. The number of anilines is 1. The molecule has 0 aromatic carbocycles. The second-order valence-corrected chi connectivity index (χ2v) is 5.16. The van der Waals surface area contributed by atoms with Gasteiger partial charge in [-0.15, -0.1) is 5.10 Å². The molecule has 0 unspecified atom stereocenters. The minimum Gasteiger partial charge on any atom is -0.320 e. The van der Waals surface area contributed by atoms with Crippen LogP contribution >= 0.6 is 23.1 Å². The molecule has 1 N–H and O–H groups in total. The zero-order chi connectivity index (χ0) is 13.8. The monoisotopic (exact) mass is 296 g/mol. The fourth-order valence-corrected chi connectivity index (χ4v) is 2.42. The van der Waals surface area contributed by atoms with E-state index in [1.807, 2.05) is 6.92 Å². The number of carbonyl (C=O) groups is 1. The van der Waals surface area contributed by atoms with E-state index < -0.39 is 0 Å². The Morgan fingerprint density at radius 3 is 2.95 bits per heavy atom. The SMILES string of the molecule is CCCc1nnsc1C(=O)Nc1ccc(Cl)nc1C. The highest BCUT2D eigenvalue weighted by Gasteiger charge is 2.16. The number of carbonyl (C=O) groups excluding carboxylic acids is 1. The summed E-state index contributed by atoms with van der Waals surface area (Å²) in [5.41, 5.74) is 2.06. The van der Waals surface area contributed by atoms with E-state index in [4.69, 9.17) is 11.6 Å². The van der Waals surface area contributed by atoms with E-state index in [0.29, 0.717) is 21.4 Å². The van der Waals surface area contributed by atoms with Crippen molar-refractivity contribution in [2.75, 3.05) is 5.32 Å². The lowest BCUT2D eigenvalue weighted by Gasteiger charge is -2.07. The van der Waals surface area contributed by atoms with E-state index in [1.54, 1.807) is 19.1 Å². The van der Waals surface area contributed by atoms with Gasteiger partial charge in [-0.1, -0.05) is 29.4 Å². The molecule has 0 aliphatic heterocycles. The molecule has 0 spiro atoms. The molecule has 0 saturated heterocycles. The molecule has 2 rings (SSSR count). The van der Waals surface area contributed by atoms with Crippen LogP contribution in [-0.2, 0) is 6.42 Å². The quantitative estimate of drug-likeness (QED) is 0.880. The van der Waals surface area contributed by atoms with Gasteiger partial charge in [0.15, 0.2) is 0 Å². The van der Waals surface area contributed by atoms with Crippen LogP contribution < -0.4 is 5.32 Å². The Kier molecular flexibility index (Phi) is 4.44. The number of amides is 1. The first-order valence-corrected chi connectivity index (χ1v) is 7.02. The second-order valence-electron chi connectivity index (χ2n) is 4.02. The van der Waals surface area contributed by atoms with Crippen molar-refractivity contribution < 1.29 is 4.79 Å². The molecule has 0 fully saturated rings. The van der Waals surface area contributed by atoms with Crippen molar-refractivity contribution in [1.82, 2.24) is 14.6 Å². The third-order valence-corrected chi connectivity index (χ3v) is 3.53. The van der Waals surface area contributed by atoms with E-state index in [-0.39, 0.29) is 5.91 Å². The van der Waals surface area contributed by atoms with Crippen LogP contribution in [0.5, 0.6) is 0 Å². The third-order valence-electron chi connectivity index (χ3n) is 2.55. The standard InChI is InChI=1S/C12H13ClN4OS/c1-3-4-9-11(19-17-16-9)12(18)15-8-5-6-10(13)14-7(8)2/h5-6H,3-4H2,1-2H3,(H,15,18). The summed E-state index contributed by atoms with van der Waals surface area (Å²) in [7, 11) is 0. The first-order valence-electron chi connectivity index (χ1n) is 5.87. The maximum absolute atomic E-state index is 12.2. The molecule has 0 saturated carbocycles. The molecular weight excluding hydrogens is 284 g/mol. The van der Waals surface area contributed by atoms with Crippen molar-refractivity contribution in [2.24, 2.45) is 0 Å². The molecule has 0 aliphatic carbocycles. The number of halogens is 1. The molecule has 1 amide bonds. The van der Waals surface area contributed by atoms with Crippen LogP contribution in [0, 0.1) is 6.92 Å². The van der Waals surface area contributed by atoms with E-state index in [9.17, 15) is 4.79 Å². The predicted octanol–water partition coefficient (Wildman–Crippen LogP) is 3.10. The Bertz CT molecular complexity index is 599. The van der Waals surface area contributed by atoms with Crippen LogP contribution in [0.25, 0.3) is 0 Å². The van der Waals surface area contributed by atoms with Crippen molar-refractivity contribution in [3.8, 4) is 0 Å². The highest BCUT2D eigenvalue weighted by atomic mass is 35.5. The van der Waals surface area contributed by atoms with E-state index in [1.165, 1.54) is 0 Å². The average Bonchev–Trinajstić information content (AvgIpc) is 2.81. The number of nitrogens with one attached hydrogen (secondary N) is 1. The van der Waals surface area contributed by atoms with Crippen LogP contribution in [0.2, 0.25) is 5.15 Å². The lowest BCUT2D eigenvalue weighted by atomic mass is 10.2. The van der Waals surface area contributed by atoms with Crippen molar-refractivity contribution in [3.05, 3.63) is 33.6 Å². The van der Waals surface area contributed by atoms with Crippen molar-refractivity contribution in [2.45, 2.75) is 26.7 Å². The van der Waals surface area contributed by atoms with Gasteiger partial charge in [0.1, 0.15) is 10.0 Å². The molecule has 2 aromatic heterocycles. The Balaban J connectivity index is 2.18. The van der Waals surface area contributed by atoms with E-state index >= 15 is 0 Å². The van der Waals surface area contributed by atoms with Gasteiger partial charge in [0.05, 0.1) is 17.1 Å². The number of aryl methyl sites for hydroxylation is 2. The number of rotatable bonds is 4. The van der Waals surface area contributed by atoms with Gasteiger partial charge >= 0.3 is 0 Å². The molecule has 0 atom stereocenters. The Morgan fingerprint density at radius 1 is 1.47 bits per heavy atom. The van der Waals surface area contributed by atoms with Gasteiger partial charge in [0.2, 0.25) is 0 Å². The fourth-order valence-electron chi connectivity index (χ4n) is 1.62. The highest BCUT2D eigenvalue weighted by Crippen LogP contribution is 2.19. The zero-order valence-corrected chi connectivity index (χ0v) is 12.2. The van der Waals surface area contributed by atoms with Crippen molar-refractivity contribution in [3.63, 3.8) is 0 Å². The molecule has 2 aromatic rings. The highest BCUT2D eigenvalue weighted by molar-refractivity contribution is 7.08. The predicted molar refractivity (Wildman–Crippen MR) is 75.8 cm³/mol. The summed E-state index contributed by atoms with van der Waals surface area (Å²) in [4.78, 5) is 16.8. The van der Waals surface area contributed by atoms with Crippen LogP contribution in [0.1, 0.15) is 34.4 Å². The first-order chi connectivity index (χ1) is 9.11. The normalized spacial score (nSPS) is 10.5. The van der Waals surface area contributed by atoms with Gasteiger partial charge in [-0.3, -0.25) is 4.79 Å². The van der Waals surface area contributed by atoms with Crippen LogP contribution in [0.4, 0.5) is 5.69 Å². The van der Waals surface area contributed by atoms with Gasteiger partial charge < -0.3 is 5.32 Å². The second kappa shape index (κ2) is 6.08. The minimum absolute atomic E-state index is 0.203. The first kappa shape index (κ1) is 13.9. The average molecular weight is 297 g/mol. The largest absolute Gasteiger partial charge is 0.320 e. The number of hydrogen-bond donors (Lipinski definition) is 1. The number of hydrogen-bond acceptors (Lipinski definition) is 5. The maximum Gasteiger partial charge on any atom is 0.269 e. The molecule has 5 nitrogen and oxygen atoms in total. The Hall–Kier alpha value is -1.53. The van der Waals surface area contributed by atoms with E-state index in [0.717, 1.165) is 30.1 Å². The summed E-state index contributed by atoms with van der Waals surface area (Å²) in [5, 5.41) is 7.19. The van der Waals surface area contributed by atoms with Crippen molar-refractivity contribution >= 4 is 34.7 Å². The smallest absolute Gasteiger partial charge is 0.269 e. The molecular formula is C12H13ClN4OS. The summed E-state index contributed by atoms with van der Waals surface area (Å²) in [6.07, 6.45) is 1.67. The maximum atomic E-state index is 12.2. The van der Waals surface area contributed by atoms with Gasteiger partial charge in [0, 0.05) is 0 Å². The van der Waals surface area contributed by atoms with E-state index in [2.05, 4.69) is 19.9 Å². The summed E-state index contributed by atoms with van der Waals surface area (Å²) in [6.45, 7) is 3.83. The molecule has 2 heterocycles. The van der Waals surface area contributed by atoms with Crippen LogP contribution in [-0.4, -0.2) is 20.5 Å². The molecule has 0 bridgehead atoms. The molecule has 0 radical (unpaired) electrons. The molecule has 0 aliphatic rings. The Labute approximate surface area is 120 Å². The number of pyridine rings is 1. The third kappa shape index (κ3) is 3.27. The zero-order valence-electron chi connectivity index (χ0n) is 10.6. The molecule has 7 heteroatoms. The summed E-state index contributed by atoms with van der Waals surface area (Å²) >= 11 is 6.88. The van der Waals surface area contributed by atoms with Gasteiger partial charge in [0.25, 0.3) is 5.91 Å². The van der Waals surface area contributed by atoms with Crippen LogP contribution in [0.3, 0.4) is 0 Å². The van der Waals surface area contributed by atoms with Gasteiger partial charge in [-0.25, -0.2) is 4.98 Å². The lowest BCUT2D eigenvalue weighted by Crippen LogP contribution is -2.13. The lowest BCUT2D eigenvalue weighted by molar-refractivity contribution is 0.102. The summed E-state index contributed by atoms with van der Waals surface area (Å²) in [6, 6.07) is 3.37. The molecule has 100 valence electrons. The number of nitrogens with zero attached hydrogens (tertiary/aromatic N) is 3. The van der Waals surface area contributed by atoms with Gasteiger partial charge in [-0.05, 0) is 37.0 Å². The van der Waals surface area contributed by atoms with Gasteiger partial charge in [-0.2, -0.15) is 0 Å².